The lowest BCUT2D eigenvalue weighted by Crippen LogP contribution is -2.27. The summed E-state index contributed by atoms with van der Waals surface area (Å²) in [7, 11) is 3.80. The molecule has 8 heteroatoms. The van der Waals surface area contributed by atoms with E-state index in [0.717, 1.165) is 63.7 Å². The maximum atomic E-state index is 9.99. The molecule has 164 valence electrons. The number of pyridine rings is 1. The Kier molecular flexibility index (Phi) is 5.84. The normalized spacial score (nSPS) is 15.2. The molecule has 3 heterocycles. The van der Waals surface area contributed by atoms with Crippen LogP contribution in [0, 0.1) is 18.3 Å². The van der Waals surface area contributed by atoms with Gasteiger partial charge in [-0.25, -0.2) is 0 Å². The lowest BCUT2D eigenvalue weighted by atomic mass is 9.91. The Hall–Kier alpha value is -3.28. The van der Waals surface area contributed by atoms with Crippen LogP contribution in [0.4, 0.5) is 0 Å². The van der Waals surface area contributed by atoms with Crippen LogP contribution in [0.3, 0.4) is 0 Å². The van der Waals surface area contributed by atoms with Crippen LogP contribution >= 0.6 is 11.6 Å². The maximum absolute atomic E-state index is 9.99. The summed E-state index contributed by atoms with van der Waals surface area (Å²) in [4.78, 5) is 8.11. The molecule has 2 aliphatic heterocycles. The van der Waals surface area contributed by atoms with Crippen LogP contribution in [0.5, 0.6) is 5.75 Å². The van der Waals surface area contributed by atoms with E-state index in [2.05, 4.69) is 35.5 Å². The molecule has 2 aliphatic rings. The summed E-state index contributed by atoms with van der Waals surface area (Å²) >= 11 is 1.65. The van der Waals surface area contributed by atoms with Crippen molar-refractivity contribution in [2.75, 3.05) is 20.7 Å². The molecule has 0 amide bonds. The largest absolute Gasteiger partial charge is 0.496 e. The number of aryl methyl sites for hydroxylation is 1. The summed E-state index contributed by atoms with van der Waals surface area (Å²) in [6, 6.07) is 14.6. The number of hydrogen-bond donors (Lipinski definition) is 1. The minimum Gasteiger partial charge on any atom is -0.496 e. The van der Waals surface area contributed by atoms with E-state index in [1.165, 1.54) is 11.3 Å². The minimum atomic E-state index is 0.625. The van der Waals surface area contributed by atoms with E-state index in [0.29, 0.717) is 12.3 Å². The van der Waals surface area contributed by atoms with E-state index in [-0.39, 0.29) is 0 Å². The summed E-state index contributed by atoms with van der Waals surface area (Å²) in [5.74, 6) is 0.753. The quantitative estimate of drug-likeness (QED) is 0.611. The summed E-state index contributed by atoms with van der Waals surface area (Å²) in [6.07, 6.45) is 2.89. The van der Waals surface area contributed by atoms with Gasteiger partial charge in [-0.3, -0.25) is 4.98 Å². The zero-order valence-corrected chi connectivity index (χ0v) is 19.8. The van der Waals surface area contributed by atoms with Gasteiger partial charge in [-0.1, -0.05) is 12.1 Å². The molecule has 6 nitrogen and oxygen atoms in total. The van der Waals surface area contributed by atoms with Gasteiger partial charge in [0.2, 0.25) is 0 Å². The zero-order chi connectivity index (χ0) is 22.9. The summed E-state index contributed by atoms with van der Waals surface area (Å²) in [5, 5.41) is 17.9. The summed E-state index contributed by atoms with van der Waals surface area (Å²) in [5.41, 5.74) is 8.70. The number of likely N-dealkylation sites (N-methyl/N-ethyl adjacent to an activating group) is 1. The Morgan fingerprint density at radius 1 is 1.24 bits per heavy atom. The first-order chi connectivity index (χ1) is 16.1. The van der Waals surface area contributed by atoms with Gasteiger partial charge in [0.05, 0.1) is 24.5 Å². The zero-order valence-electron chi connectivity index (χ0n) is 19.0. The van der Waals surface area contributed by atoms with Crippen molar-refractivity contribution in [2.24, 2.45) is 5.10 Å². The molecule has 0 radical (unpaired) electrons. The molecule has 0 saturated carbocycles. The number of hydrazone groups is 1. The van der Waals surface area contributed by atoms with Crippen molar-refractivity contribution in [3.8, 4) is 22.9 Å². The second-order valence-corrected chi connectivity index (χ2v) is 9.40. The fraction of sp³-hybridized carbons (Fsp3) is 0.240. The monoisotopic (exact) mass is 453 g/mol. The van der Waals surface area contributed by atoms with Gasteiger partial charge in [0.25, 0.3) is 0 Å². The topological polar surface area (TPSA) is 73.5 Å². The Labute approximate surface area is 198 Å². The van der Waals surface area contributed by atoms with Crippen LogP contribution in [0.15, 0.2) is 52.6 Å². The predicted octanol–water partition coefficient (Wildman–Crippen LogP) is 3.64. The number of aromatic nitrogens is 1. The fourth-order valence-electron chi connectivity index (χ4n) is 4.54. The lowest BCUT2D eigenvalue weighted by molar-refractivity contribution is 0.310. The third-order valence-corrected chi connectivity index (χ3v) is 7.13. The first kappa shape index (κ1) is 21.6. The van der Waals surface area contributed by atoms with Gasteiger partial charge < -0.3 is 15.0 Å². The van der Waals surface area contributed by atoms with Gasteiger partial charge in [-0.05, 0) is 49.4 Å². The second kappa shape index (κ2) is 8.93. The van der Waals surface area contributed by atoms with Crippen molar-refractivity contribution in [2.45, 2.75) is 24.8 Å². The van der Waals surface area contributed by atoms with Crippen LogP contribution in [-0.2, 0) is 13.0 Å². The highest BCUT2D eigenvalue weighted by molar-refractivity contribution is 8.22. The molecule has 0 bridgehead atoms. The van der Waals surface area contributed by atoms with Crippen molar-refractivity contribution in [1.29, 1.82) is 5.26 Å². The van der Waals surface area contributed by atoms with Crippen molar-refractivity contribution >= 4 is 24.0 Å². The molecule has 0 unspecified atom stereocenters. The number of nitriles is 1. The van der Waals surface area contributed by atoms with Gasteiger partial charge in [-0.15, -0.1) is 11.6 Å². The first-order valence-electron chi connectivity index (χ1n) is 10.9. The van der Waals surface area contributed by atoms with Crippen molar-refractivity contribution in [3.05, 3.63) is 76.1 Å². The van der Waals surface area contributed by atoms with Crippen molar-refractivity contribution in [3.63, 3.8) is 0 Å². The van der Waals surface area contributed by atoms with Crippen LogP contribution in [0.2, 0.25) is 0 Å². The molecule has 33 heavy (non-hydrogen) atoms. The third kappa shape index (κ3) is 3.99. The molecular weight excluding hydrogens is 429 g/mol. The number of rotatable bonds is 3. The molecule has 0 spiro atoms. The number of benzene rings is 2. The van der Waals surface area contributed by atoms with Crippen molar-refractivity contribution < 1.29 is 4.74 Å². The van der Waals surface area contributed by atoms with Gasteiger partial charge >= 0.3 is 6.69 Å². The molecule has 0 fully saturated rings. The Morgan fingerprint density at radius 2 is 2.12 bits per heavy atom. The highest BCUT2D eigenvalue weighted by Gasteiger charge is 2.23. The number of nitrogens with zero attached hydrogens (tertiary/aromatic N) is 4. The Balaban J connectivity index is 1.69. The second-order valence-electron chi connectivity index (χ2n) is 8.38. The summed E-state index contributed by atoms with van der Waals surface area (Å²) < 4.78 is 5.66. The van der Waals surface area contributed by atoms with Gasteiger partial charge in [0.1, 0.15) is 5.75 Å². The number of nitrogens with one attached hydrogen (secondary N) is 1. The van der Waals surface area contributed by atoms with Gasteiger partial charge in [0.15, 0.2) is 0 Å². The Morgan fingerprint density at radius 3 is 2.94 bits per heavy atom. The van der Waals surface area contributed by atoms with Crippen LogP contribution < -0.4 is 10.1 Å². The average molecular weight is 453 g/mol. The highest BCUT2D eigenvalue weighted by atomic mass is 32.2. The first-order valence-corrected chi connectivity index (χ1v) is 11.9. The smallest absolute Gasteiger partial charge is 0.325 e. The molecule has 1 N–H and O–H groups in total. The fourth-order valence-corrected chi connectivity index (χ4v) is 5.34. The van der Waals surface area contributed by atoms with Gasteiger partial charge in [-0.2, -0.15) is 10.4 Å². The van der Waals surface area contributed by atoms with Crippen LogP contribution in [0.25, 0.3) is 11.1 Å². The Bertz CT molecular complexity index is 1320. The predicted molar refractivity (Wildman–Crippen MR) is 134 cm³/mol. The molecule has 0 saturated heterocycles. The van der Waals surface area contributed by atoms with E-state index in [1.54, 1.807) is 18.7 Å². The molecule has 5 rings (SSSR count). The number of ether oxygens (including phenoxy) is 1. The molecule has 0 aliphatic carbocycles. The molecule has 3 aromatic rings. The van der Waals surface area contributed by atoms with E-state index in [9.17, 15) is 5.26 Å². The standard InChI is InChI=1S/C25H24BN5OS/c1-15-5-4-6-22(32-3)24(15)19-11-20-23(10-16(19)12-27)33-26-30-29-25(20)17-9-18-14-31(2)8-7-21(18)28-13-17/h4-6,9-11,13,26,30H,7-8,14H2,1-3H3. The van der Waals surface area contributed by atoms with E-state index in [4.69, 9.17) is 14.8 Å². The van der Waals surface area contributed by atoms with E-state index < -0.39 is 0 Å². The summed E-state index contributed by atoms with van der Waals surface area (Å²) in [6.45, 7) is 4.59. The number of fused-ring (bicyclic) bond motifs is 2. The van der Waals surface area contributed by atoms with Crippen molar-refractivity contribution in [1.82, 2.24) is 15.2 Å². The van der Waals surface area contributed by atoms with Crippen LogP contribution in [0.1, 0.15) is 33.5 Å². The maximum Gasteiger partial charge on any atom is 0.325 e. The molecular formula is C25H24BN5OS. The molecule has 0 atom stereocenters. The van der Waals surface area contributed by atoms with E-state index in [1.807, 2.05) is 37.4 Å². The SMILES string of the molecule is COc1cccc(C)c1-c1cc2c(cc1C#N)SBNN=C2c1cnc2c(c1)CN(C)CC2. The third-order valence-electron chi connectivity index (χ3n) is 6.21. The number of hydrogen-bond acceptors (Lipinski definition) is 7. The average Bonchev–Trinajstić information content (AvgIpc) is 3.04. The highest BCUT2D eigenvalue weighted by Crippen LogP contribution is 2.39. The van der Waals surface area contributed by atoms with Crippen LogP contribution in [-0.4, -0.2) is 43.0 Å². The minimum absolute atomic E-state index is 0.625. The van der Waals surface area contributed by atoms with Gasteiger partial charge in [0, 0.05) is 58.6 Å². The molecule has 1 aromatic heterocycles. The molecule has 2 aromatic carbocycles. The lowest BCUT2D eigenvalue weighted by Gasteiger charge is -2.24. The van der Waals surface area contributed by atoms with E-state index >= 15 is 0 Å². The number of methoxy groups -OCH3 is 1.